The molecule has 0 spiro atoms. The van der Waals surface area contributed by atoms with Crippen LogP contribution in [0.1, 0.15) is 10.4 Å². The average Bonchev–Trinajstić information content (AvgIpc) is 3.02. The number of carbonyl (C=O) groups excluding carboxylic acids is 1. The Morgan fingerprint density at radius 3 is 2.11 bits per heavy atom. The second kappa shape index (κ2) is 7.50. The number of sulfonamides is 1. The first-order valence-electron chi connectivity index (χ1n) is 8.44. The summed E-state index contributed by atoms with van der Waals surface area (Å²) in [5.74, 6) is -0.604. The van der Waals surface area contributed by atoms with Gasteiger partial charge in [-0.25, -0.2) is 21.1 Å². The van der Waals surface area contributed by atoms with E-state index in [1.807, 2.05) is 0 Å². The average molecular weight is 421 g/mol. The molecule has 0 saturated heterocycles. The van der Waals surface area contributed by atoms with Crippen molar-refractivity contribution in [3.63, 3.8) is 0 Å². The van der Waals surface area contributed by atoms with E-state index >= 15 is 0 Å². The maximum atomic E-state index is 13.2. The van der Waals surface area contributed by atoms with Gasteiger partial charge in [0.2, 0.25) is 10.0 Å². The number of amides is 1. The van der Waals surface area contributed by atoms with Gasteiger partial charge in [0.05, 0.1) is 16.7 Å². The van der Waals surface area contributed by atoms with Crippen LogP contribution in [-0.2, 0) is 19.9 Å². The molecule has 0 saturated carbocycles. The van der Waals surface area contributed by atoms with Crippen LogP contribution >= 0.6 is 0 Å². The molecule has 1 amide bonds. The van der Waals surface area contributed by atoms with Gasteiger partial charge in [-0.05, 0) is 42.5 Å². The van der Waals surface area contributed by atoms with Gasteiger partial charge in [-0.1, -0.05) is 18.2 Å². The number of rotatable bonds is 5. The van der Waals surface area contributed by atoms with Crippen LogP contribution in [-0.4, -0.2) is 52.9 Å². The molecule has 1 aliphatic rings. The van der Waals surface area contributed by atoms with Gasteiger partial charge in [0, 0.05) is 30.8 Å². The third-order valence-corrected chi connectivity index (χ3v) is 7.58. The lowest BCUT2D eigenvalue weighted by molar-refractivity contribution is 0.0983. The minimum Gasteiger partial charge on any atom is -0.300 e. The van der Waals surface area contributed by atoms with Crippen LogP contribution in [0.2, 0.25) is 0 Å². The highest BCUT2D eigenvalue weighted by molar-refractivity contribution is 7.94. The van der Waals surface area contributed by atoms with E-state index < -0.39 is 31.8 Å². The Hall–Kier alpha value is -2.49. The monoisotopic (exact) mass is 420 g/mol. The number of para-hydroxylation sites is 1. The molecule has 3 rings (SSSR count). The molecule has 1 atom stereocenters. The van der Waals surface area contributed by atoms with Crippen LogP contribution in [0, 0.1) is 0 Å². The molecule has 148 valence electrons. The molecule has 0 aromatic heterocycles. The third kappa shape index (κ3) is 4.01. The number of carbonyl (C=O) groups is 1. The zero-order valence-electron chi connectivity index (χ0n) is 15.4. The van der Waals surface area contributed by atoms with Crippen LogP contribution in [0.15, 0.2) is 71.0 Å². The smallest absolute Gasteiger partial charge is 0.258 e. The van der Waals surface area contributed by atoms with Crippen LogP contribution in [0.5, 0.6) is 0 Å². The zero-order valence-corrected chi connectivity index (χ0v) is 17.0. The predicted octanol–water partition coefficient (Wildman–Crippen LogP) is 1.89. The standard InChI is InChI=1S/C19H20N2O5S2/c1-20(2)28(25,26)18-10-8-15(9-11-18)19(22)21(16-6-4-3-5-7-16)17-12-13-27(23,24)14-17/h3-13,17H,14H2,1-2H3/t17-/m0/s1. The van der Waals surface area contributed by atoms with Crippen LogP contribution in [0.4, 0.5) is 5.69 Å². The van der Waals surface area contributed by atoms with Crippen molar-refractivity contribution in [2.45, 2.75) is 10.9 Å². The lowest BCUT2D eigenvalue weighted by Crippen LogP contribution is -2.41. The SMILES string of the molecule is CN(C)S(=O)(=O)c1ccc(C(=O)N(c2ccccc2)[C@H]2C=CS(=O)(=O)C2)cc1. The summed E-state index contributed by atoms with van der Waals surface area (Å²) in [4.78, 5) is 14.7. The molecule has 0 aliphatic carbocycles. The normalized spacial score (nSPS) is 18.3. The van der Waals surface area contributed by atoms with Crippen molar-refractivity contribution in [2.24, 2.45) is 0 Å². The molecule has 2 aromatic carbocycles. The number of benzene rings is 2. The summed E-state index contributed by atoms with van der Waals surface area (Å²) in [5.41, 5.74) is 0.823. The summed E-state index contributed by atoms with van der Waals surface area (Å²) in [6.07, 6.45) is 1.49. The van der Waals surface area contributed by atoms with Gasteiger partial charge in [-0.15, -0.1) is 0 Å². The summed E-state index contributed by atoms with van der Waals surface area (Å²) in [7, 11) is -4.11. The van der Waals surface area contributed by atoms with Gasteiger partial charge in [0.15, 0.2) is 9.84 Å². The van der Waals surface area contributed by atoms with Crippen molar-refractivity contribution in [2.75, 3.05) is 24.7 Å². The van der Waals surface area contributed by atoms with Crippen molar-refractivity contribution in [1.82, 2.24) is 4.31 Å². The van der Waals surface area contributed by atoms with E-state index in [1.54, 1.807) is 30.3 Å². The lowest BCUT2D eigenvalue weighted by Gasteiger charge is -2.28. The van der Waals surface area contributed by atoms with E-state index in [4.69, 9.17) is 0 Å². The molecule has 7 nitrogen and oxygen atoms in total. The molecule has 0 fully saturated rings. The molecule has 9 heteroatoms. The van der Waals surface area contributed by atoms with Gasteiger partial charge in [0.1, 0.15) is 0 Å². The summed E-state index contributed by atoms with van der Waals surface area (Å²) in [6.45, 7) is 0. The fraction of sp³-hybridized carbons (Fsp3) is 0.211. The molecule has 2 aromatic rings. The van der Waals surface area contributed by atoms with Crippen molar-refractivity contribution in [3.8, 4) is 0 Å². The Labute approximate surface area is 164 Å². The fourth-order valence-electron chi connectivity index (χ4n) is 2.89. The number of hydrogen-bond acceptors (Lipinski definition) is 5. The molecule has 0 unspecified atom stereocenters. The highest BCUT2D eigenvalue weighted by Crippen LogP contribution is 2.25. The maximum Gasteiger partial charge on any atom is 0.258 e. The van der Waals surface area contributed by atoms with Gasteiger partial charge in [0.25, 0.3) is 5.91 Å². The van der Waals surface area contributed by atoms with E-state index in [0.717, 1.165) is 9.71 Å². The molecule has 28 heavy (non-hydrogen) atoms. The summed E-state index contributed by atoms with van der Waals surface area (Å²) in [6, 6.07) is 13.7. The summed E-state index contributed by atoms with van der Waals surface area (Å²) in [5, 5.41) is 1.12. The number of sulfone groups is 1. The summed E-state index contributed by atoms with van der Waals surface area (Å²) < 4.78 is 49.2. The molecule has 0 bridgehead atoms. The van der Waals surface area contributed by atoms with E-state index in [-0.39, 0.29) is 16.2 Å². The van der Waals surface area contributed by atoms with Crippen molar-refractivity contribution < 1.29 is 21.6 Å². The van der Waals surface area contributed by atoms with Gasteiger partial charge < -0.3 is 4.90 Å². The Kier molecular flexibility index (Phi) is 5.42. The molecule has 1 heterocycles. The fourth-order valence-corrected chi connectivity index (χ4v) is 5.06. The Morgan fingerprint density at radius 1 is 1.00 bits per heavy atom. The first-order valence-corrected chi connectivity index (χ1v) is 11.6. The first kappa shape index (κ1) is 20.2. The van der Waals surface area contributed by atoms with Gasteiger partial charge in [-0.3, -0.25) is 4.79 Å². The zero-order chi connectivity index (χ0) is 20.5. The molecular formula is C19H20N2O5S2. The van der Waals surface area contributed by atoms with Gasteiger partial charge in [-0.2, -0.15) is 0 Å². The molecule has 0 radical (unpaired) electrons. The quantitative estimate of drug-likeness (QED) is 0.737. The van der Waals surface area contributed by atoms with E-state index in [2.05, 4.69) is 0 Å². The number of hydrogen-bond donors (Lipinski definition) is 0. The minimum absolute atomic E-state index is 0.0728. The Bertz CT molecular complexity index is 1110. The third-order valence-electron chi connectivity index (χ3n) is 4.38. The minimum atomic E-state index is -3.60. The maximum absolute atomic E-state index is 13.2. The van der Waals surface area contributed by atoms with Crippen LogP contribution < -0.4 is 4.90 Å². The van der Waals surface area contributed by atoms with Gasteiger partial charge >= 0.3 is 0 Å². The van der Waals surface area contributed by atoms with Crippen LogP contribution in [0.25, 0.3) is 0 Å². The van der Waals surface area contributed by atoms with Crippen molar-refractivity contribution in [3.05, 3.63) is 71.6 Å². The van der Waals surface area contributed by atoms with E-state index in [1.165, 1.54) is 49.3 Å². The van der Waals surface area contributed by atoms with E-state index in [0.29, 0.717) is 5.69 Å². The highest BCUT2D eigenvalue weighted by Gasteiger charge is 2.32. The van der Waals surface area contributed by atoms with E-state index in [9.17, 15) is 21.6 Å². The second-order valence-electron chi connectivity index (χ2n) is 6.55. The predicted molar refractivity (Wildman–Crippen MR) is 107 cm³/mol. The Balaban J connectivity index is 1.97. The van der Waals surface area contributed by atoms with Crippen molar-refractivity contribution >= 4 is 31.5 Å². The topological polar surface area (TPSA) is 91.8 Å². The largest absolute Gasteiger partial charge is 0.300 e. The second-order valence-corrected chi connectivity index (χ2v) is 10.6. The number of nitrogens with zero attached hydrogens (tertiary/aromatic N) is 2. The lowest BCUT2D eigenvalue weighted by atomic mass is 10.1. The number of anilines is 1. The van der Waals surface area contributed by atoms with Crippen LogP contribution in [0.3, 0.4) is 0 Å². The Morgan fingerprint density at radius 2 is 1.61 bits per heavy atom. The summed E-state index contributed by atoms with van der Waals surface area (Å²) >= 11 is 0. The molecular weight excluding hydrogens is 400 g/mol. The molecule has 1 aliphatic heterocycles. The van der Waals surface area contributed by atoms with Crippen molar-refractivity contribution in [1.29, 1.82) is 0 Å². The molecule has 0 N–H and O–H groups in total. The highest BCUT2D eigenvalue weighted by atomic mass is 32.2. The first-order chi connectivity index (χ1) is 13.1.